The van der Waals surface area contributed by atoms with E-state index < -0.39 is 0 Å². The average molecular weight is 283 g/mol. The summed E-state index contributed by atoms with van der Waals surface area (Å²) >= 11 is 1.42. The summed E-state index contributed by atoms with van der Waals surface area (Å²) in [5.41, 5.74) is 7.56. The van der Waals surface area contributed by atoms with E-state index in [9.17, 15) is 0 Å². The summed E-state index contributed by atoms with van der Waals surface area (Å²) in [6.45, 7) is 0. The predicted octanol–water partition coefficient (Wildman–Crippen LogP) is 2.85. The highest BCUT2D eigenvalue weighted by molar-refractivity contribution is 7.08. The van der Waals surface area contributed by atoms with Gasteiger partial charge in [0.2, 0.25) is 5.13 Å². The van der Waals surface area contributed by atoms with Crippen LogP contribution in [0.15, 0.2) is 36.7 Å². The van der Waals surface area contributed by atoms with Crippen LogP contribution in [0, 0.1) is 0 Å². The van der Waals surface area contributed by atoms with Crippen LogP contribution in [-0.4, -0.2) is 18.9 Å². The molecule has 100 valence electrons. The maximum absolute atomic E-state index is 5.84. The van der Waals surface area contributed by atoms with Crippen LogP contribution in [0.4, 0.5) is 5.69 Å². The summed E-state index contributed by atoms with van der Waals surface area (Å²) in [5, 5.41) is 0.863. The summed E-state index contributed by atoms with van der Waals surface area (Å²) in [6.07, 6.45) is 6.11. The fourth-order valence-corrected chi connectivity index (χ4v) is 2.92. The van der Waals surface area contributed by atoms with Gasteiger partial charge in [0, 0.05) is 41.1 Å². The van der Waals surface area contributed by atoms with E-state index in [4.69, 9.17) is 5.73 Å². The van der Waals surface area contributed by atoms with Crippen molar-refractivity contribution in [3.63, 3.8) is 0 Å². The SMILES string of the molecule is Nc1cccc(-c2nccn2-c2nc(C3CC3)ns2)c1. The minimum Gasteiger partial charge on any atom is -0.399 e. The second-order valence-corrected chi connectivity index (χ2v) is 5.69. The van der Waals surface area contributed by atoms with Crippen molar-refractivity contribution in [3.8, 4) is 16.5 Å². The van der Waals surface area contributed by atoms with Crippen LogP contribution in [0.5, 0.6) is 0 Å². The van der Waals surface area contributed by atoms with Crippen molar-refractivity contribution in [2.75, 3.05) is 5.73 Å². The Bertz CT molecular complexity index is 756. The maximum atomic E-state index is 5.84. The quantitative estimate of drug-likeness (QED) is 0.750. The highest BCUT2D eigenvalue weighted by Gasteiger charge is 2.28. The van der Waals surface area contributed by atoms with Crippen molar-refractivity contribution in [1.29, 1.82) is 0 Å². The first-order valence-corrected chi connectivity index (χ1v) is 7.32. The Kier molecular flexibility index (Phi) is 2.56. The van der Waals surface area contributed by atoms with Crippen molar-refractivity contribution in [3.05, 3.63) is 42.5 Å². The number of nitrogens with two attached hydrogens (primary N) is 1. The Morgan fingerprint density at radius 3 is 3.00 bits per heavy atom. The first-order chi connectivity index (χ1) is 9.81. The van der Waals surface area contributed by atoms with Crippen LogP contribution in [-0.2, 0) is 0 Å². The molecule has 1 aliphatic rings. The molecule has 2 N–H and O–H groups in total. The van der Waals surface area contributed by atoms with Crippen molar-refractivity contribution < 1.29 is 0 Å². The van der Waals surface area contributed by atoms with Crippen LogP contribution < -0.4 is 5.73 Å². The topological polar surface area (TPSA) is 69.6 Å². The molecule has 20 heavy (non-hydrogen) atoms. The van der Waals surface area contributed by atoms with E-state index in [-0.39, 0.29) is 0 Å². The van der Waals surface area contributed by atoms with Crippen LogP contribution in [0.3, 0.4) is 0 Å². The van der Waals surface area contributed by atoms with Gasteiger partial charge in [0.25, 0.3) is 0 Å². The number of rotatable bonds is 3. The first-order valence-electron chi connectivity index (χ1n) is 6.54. The Balaban J connectivity index is 1.77. The number of hydrogen-bond donors (Lipinski definition) is 1. The summed E-state index contributed by atoms with van der Waals surface area (Å²) in [4.78, 5) is 9.04. The number of imidazole rings is 1. The third-order valence-corrected chi connectivity index (χ3v) is 4.09. The lowest BCUT2D eigenvalue weighted by Crippen LogP contribution is -1.97. The van der Waals surface area contributed by atoms with E-state index in [1.54, 1.807) is 6.20 Å². The lowest BCUT2D eigenvalue weighted by Gasteiger charge is -2.04. The van der Waals surface area contributed by atoms with Gasteiger partial charge in [-0.15, -0.1) is 0 Å². The molecule has 0 amide bonds. The fraction of sp³-hybridized carbons (Fsp3) is 0.214. The average Bonchev–Trinajstić information content (AvgIpc) is 3.01. The highest BCUT2D eigenvalue weighted by atomic mass is 32.1. The van der Waals surface area contributed by atoms with Crippen LogP contribution in [0.25, 0.3) is 16.5 Å². The molecule has 0 saturated heterocycles. The number of benzene rings is 1. The van der Waals surface area contributed by atoms with Crippen molar-refractivity contribution in [1.82, 2.24) is 18.9 Å². The van der Waals surface area contributed by atoms with E-state index in [2.05, 4.69) is 14.3 Å². The third kappa shape index (κ3) is 1.98. The Morgan fingerprint density at radius 2 is 2.20 bits per heavy atom. The van der Waals surface area contributed by atoms with Crippen molar-refractivity contribution in [2.24, 2.45) is 0 Å². The van der Waals surface area contributed by atoms with Gasteiger partial charge in [0.15, 0.2) is 0 Å². The van der Waals surface area contributed by atoms with Gasteiger partial charge in [-0.25, -0.2) is 9.97 Å². The largest absolute Gasteiger partial charge is 0.399 e. The number of nitrogens with zero attached hydrogens (tertiary/aromatic N) is 4. The second-order valence-electron chi connectivity index (χ2n) is 4.96. The minimum absolute atomic E-state index is 0.569. The number of anilines is 1. The molecule has 4 rings (SSSR count). The van der Waals surface area contributed by atoms with Gasteiger partial charge in [0.1, 0.15) is 11.6 Å². The van der Waals surface area contributed by atoms with Gasteiger partial charge < -0.3 is 5.73 Å². The van der Waals surface area contributed by atoms with E-state index >= 15 is 0 Å². The van der Waals surface area contributed by atoms with Crippen LogP contribution >= 0.6 is 11.5 Å². The lowest BCUT2D eigenvalue weighted by molar-refractivity contribution is 0.948. The Labute approximate surface area is 120 Å². The van der Waals surface area contributed by atoms with Crippen molar-refractivity contribution in [2.45, 2.75) is 18.8 Å². The predicted molar refractivity (Wildman–Crippen MR) is 78.9 cm³/mol. The summed E-state index contributed by atoms with van der Waals surface area (Å²) in [5.74, 6) is 2.38. The van der Waals surface area contributed by atoms with Gasteiger partial charge in [-0.3, -0.25) is 4.57 Å². The molecule has 0 atom stereocenters. The fourth-order valence-electron chi connectivity index (χ4n) is 2.18. The highest BCUT2D eigenvalue weighted by Crippen LogP contribution is 2.39. The molecular formula is C14H13N5S. The van der Waals surface area contributed by atoms with E-state index in [0.29, 0.717) is 5.92 Å². The number of nitrogen functional groups attached to an aromatic ring is 1. The number of hydrogen-bond acceptors (Lipinski definition) is 5. The zero-order valence-corrected chi connectivity index (χ0v) is 11.5. The van der Waals surface area contributed by atoms with Crippen LogP contribution in [0.2, 0.25) is 0 Å². The van der Waals surface area contributed by atoms with E-state index in [1.165, 1.54) is 24.4 Å². The van der Waals surface area contributed by atoms with E-state index in [0.717, 1.165) is 28.0 Å². The molecule has 5 nitrogen and oxygen atoms in total. The summed E-state index contributed by atoms with van der Waals surface area (Å²) in [7, 11) is 0. The third-order valence-electron chi connectivity index (χ3n) is 3.37. The standard InChI is InChI=1S/C14H13N5S/c15-11-3-1-2-10(8-11)13-16-6-7-19(13)14-17-12(18-20-14)9-4-5-9/h1-3,6-9H,4-5,15H2. The maximum Gasteiger partial charge on any atom is 0.215 e. The molecule has 0 aliphatic heterocycles. The van der Waals surface area contributed by atoms with Gasteiger partial charge in [-0.05, 0) is 25.0 Å². The summed E-state index contributed by atoms with van der Waals surface area (Å²) in [6, 6.07) is 7.71. The van der Waals surface area contributed by atoms with Gasteiger partial charge in [-0.2, -0.15) is 4.37 Å². The van der Waals surface area contributed by atoms with Crippen molar-refractivity contribution >= 4 is 17.2 Å². The molecule has 2 aromatic heterocycles. The van der Waals surface area contributed by atoms with Gasteiger partial charge in [-0.1, -0.05) is 12.1 Å². The molecule has 1 fully saturated rings. The van der Waals surface area contributed by atoms with E-state index in [1.807, 2.05) is 35.0 Å². The zero-order valence-electron chi connectivity index (χ0n) is 10.7. The second kappa shape index (κ2) is 4.42. The molecule has 0 bridgehead atoms. The minimum atomic E-state index is 0.569. The number of aromatic nitrogens is 4. The van der Waals surface area contributed by atoms with Crippen LogP contribution in [0.1, 0.15) is 24.6 Å². The zero-order chi connectivity index (χ0) is 13.5. The molecule has 0 unspecified atom stereocenters. The molecule has 1 aromatic carbocycles. The molecule has 2 heterocycles. The normalized spacial score (nSPS) is 14.6. The molecule has 3 aromatic rings. The molecule has 1 saturated carbocycles. The summed E-state index contributed by atoms with van der Waals surface area (Å²) < 4.78 is 6.41. The Morgan fingerprint density at radius 1 is 1.30 bits per heavy atom. The molecular weight excluding hydrogens is 270 g/mol. The van der Waals surface area contributed by atoms with Gasteiger partial charge >= 0.3 is 0 Å². The smallest absolute Gasteiger partial charge is 0.215 e. The molecule has 0 radical (unpaired) electrons. The monoisotopic (exact) mass is 283 g/mol. The lowest BCUT2D eigenvalue weighted by atomic mass is 10.2. The molecule has 6 heteroatoms. The Hall–Kier alpha value is -2.21. The molecule has 1 aliphatic carbocycles. The molecule has 0 spiro atoms. The van der Waals surface area contributed by atoms with Gasteiger partial charge in [0.05, 0.1) is 0 Å². The first kappa shape index (κ1) is 11.6.